The van der Waals surface area contributed by atoms with Crippen molar-refractivity contribution in [3.63, 3.8) is 0 Å². The van der Waals surface area contributed by atoms with Gasteiger partial charge in [0.05, 0.1) is 10.7 Å². The molecule has 1 fully saturated rings. The fourth-order valence-electron chi connectivity index (χ4n) is 4.84. The van der Waals surface area contributed by atoms with Crippen molar-refractivity contribution in [3.05, 3.63) is 59.1 Å². The predicted molar refractivity (Wildman–Crippen MR) is 123 cm³/mol. The van der Waals surface area contributed by atoms with Crippen LogP contribution in [0.1, 0.15) is 24.8 Å². The zero-order chi connectivity index (χ0) is 24.1. The number of rotatable bonds is 4. The molecule has 0 radical (unpaired) electrons. The Morgan fingerprint density at radius 2 is 2.03 bits per heavy atom. The van der Waals surface area contributed by atoms with Crippen LogP contribution in [-0.2, 0) is 9.59 Å². The molecule has 2 amide bonds. The number of carbonyl (C=O) groups is 2. The van der Waals surface area contributed by atoms with E-state index in [0.717, 1.165) is 0 Å². The standard InChI is InChI=1S/C22H17ClFN9O2/c23-14-3-6-17(32-10-25-29-31-32)20(21(14)24)11-7-13-2-5-18(33(13)19(34)8-11)22(35)26-12-1-4-15-16(9-12)28-30-27-15/h1,3-4,6,8-10,13,18H,2,5,7H2,(H,26,35)(H,27,28,30)/t13-,18+/m1/s1. The van der Waals surface area contributed by atoms with E-state index in [1.807, 2.05) is 0 Å². The van der Waals surface area contributed by atoms with E-state index < -0.39 is 11.9 Å². The number of hydrogen-bond acceptors (Lipinski definition) is 7. The van der Waals surface area contributed by atoms with Gasteiger partial charge < -0.3 is 10.2 Å². The number of tetrazole rings is 1. The SMILES string of the molecule is O=C(Nc1ccc2n[nH]nc2c1)[C@@H]1CC[C@@H]2CC(c3c(-n4cnnn4)ccc(Cl)c3F)=CC(=O)N21. The molecule has 2 aromatic carbocycles. The summed E-state index contributed by atoms with van der Waals surface area (Å²) < 4.78 is 16.5. The summed E-state index contributed by atoms with van der Waals surface area (Å²) in [4.78, 5) is 27.9. The van der Waals surface area contributed by atoms with E-state index >= 15 is 4.39 Å². The van der Waals surface area contributed by atoms with E-state index in [-0.39, 0.29) is 28.4 Å². The summed E-state index contributed by atoms with van der Waals surface area (Å²) in [5, 5.41) is 24.4. The van der Waals surface area contributed by atoms with Gasteiger partial charge in [-0.2, -0.15) is 20.1 Å². The topological polar surface area (TPSA) is 135 Å². The first-order valence-electron chi connectivity index (χ1n) is 10.9. The first kappa shape index (κ1) is 21.4. The van der Waals surface area contributed by atoms with E-state index in [4.69, 9.17) is 11.6 Å². The van der Waals surface area contributed by atoms with Gasteiger partial charge in [0, 0.05) is 23.4 Å². The Morgan fingerprint density at radius 3 is 2.86 bits per heavy atom. The third-order valence-electron chi connectivity index (χ3n) is 6.39. The maximum atomic E-state index is 15.2. The molecular formula is C22H17ClFN9O2. The monoisotopic (exact) mass is 493 g/mol. The number of amides is 2. The molecule has 0 bridgehead atoms. The molecule has 4 aromatic rings. The molecule has 6 rings (SSSR count). The molecule has 0 spiro atoms. The Morgan fingerprint density at radius 1 is 1.17 bits per heavy atom. The Bertz CT molecular complexity index is 1500. The van der Waals surface area contributed by atoms with Crippen LogP contribution < -0.4 is 5.32 Å². The molecule has 0 aliphatic carbocycles. The van der Waals surface area contributed by atoms with Crippen LogP contribution in [0.25, 0.3) is 22.3 Å². The van der Waals surface area contributed by atoms with E-state index in [0.29, 0.717) is 47.2 Å². The third kappa shape index (κ3) is 3.62. The zero-order valence-electron chi connectivity index (χ0n) is 18.0. The van der Waals surface area contributed by atoms with Crippen LogP contribution in [0.3, 0.4) is 0 Å². The molecule has 2 N–H and O–H groups in total. The fraction of sp³-hybridized carbons (Fsp3) is 0.227. The molecule has 11 nitrogen and oxygen atoms in total. The minimum atomic E-state index is -0.650. The minimum Gasteiger partial charge on any atom is -0.324 e. The normalized spacial score (nSPS) is 19.7. The van der Waals surface area contributed by atoms with Crippen LogP contribution in [0, 0.1) is 5.82 Å². The van der Waals surface area contributed by atoms with Crippen molar-refractivity contribution in [1.82, 2.24) is 40.5 Å². The van der Waals surface area contributed by atoms with Gasteiger partial charge in [-0.05, 0) is 65.6 Å². The van der Waals surface area contributed by atoms with Crippen molar-refractivity contribution in [2.45, 2.75) is 31.3 Å². The van der Waals surface area contributed by atoms with Gasteiger partial charge in [-0.3, -0.25) is 9.59 Å². The molecule has 2 aliphatic rings. The lowest BCUT2D eigenvalue weighted by Crippen LogP contribution is -2.48. The average Bonchev–Trinajstić information content (AvgIpc) is 3.61. The predicted octanol–water partition coefficient (Wildman–Crippen LogP) is 2.51. The van der Waals surface area contributed by atoms with Crippen molar-refractivity contribution < 1.29 is 14.0 Å². The molecule has 1 saturated heterocycles. The Kier molecular flexibility index (Phi) is 5.02. The maximum Gasteiger partial charge on any atom is 0.247 e. The summed E-state index contributed by atoms with van der Waals surface area (Å²) >= 11 is 6.06. The van der Waals surface area contributed by atoms with E-state index in [1.54, 1.807) is 29.2 Å². The van der Waals surface area contributed by atoms with Crippen LogP contribution in [-0.4, -0.2) is 64.4 Å². The van der Waals surface area contributed by atoms with Crippen molar-refractivity contribution in [2.24, 2.45) is 0 Å². The number of fused-ring (bicyclic) bond motifs is 2. The first-order chi connectivity index (χ1) is 17.0. The molecule has 0 saturated carbocycles. The lowest BCUT2D eigenvalue weighted by atomic mass is 9.92. The van der Waals surface area contributed by atoms with Crippen molar-refractivity contribution in [2.75, 3.05) is 5.32 Å². The summed E-state index contributed by atoms with van der Waals surface area (Å²) in [6, 6.07) is 7.31. The van der Waals surface area contributed by atoms with Crippen molar-refractivity contribution >= 4 is 45.7 Å². The average molecular weight is 494 g/mol. The molecule has 4 heterocycles. The van der Waals surface area contributed by atoms with Gasteiger partial charge in [0.2, 0.25) is 11.8 Å². The fourth-order valence-corrected chi connectivity index (χ4v) is 4.99. The van der Waals surface area contributed by atoms with Gasteiger partial charge in [0.15, 0.2) is 5.82 Å². The minimum absolute atomic E-state index is 0.0691. The highest BCUT2D eigenvalue weighted by Gasteiger charge is 2.43. The smallest absolute Gasteiger partial charge is 0.247 e. The Labute approximate surface area is 201 Å². The second kappa shape index (κ2) is 8.24. The van der Waals surface area contributed by atoms with E-state index in [9.17, 15) is 9.59 Å². The number of halogens is 2. The number of nitrogens with one attached hydrogen (secondary N) is 2. The molecule has 13 heteroatoms. The van der Waals surface area contributed by atoms with E-state index in [2.05, 4.69) is 36.3 Å². The number of benzene rings is 2. The van der Waals surface area contributed by atoms with Crippen molar-refractivity contribution in [1.29, 1.82) is 0 Å². The quantitative estimate of drug-likeness (QED) is 0.446. The summed E-state index contributed by atoms with van der Waals surface area (Å²) in [5.41, 5.74) is 2.90. The highest BCUT2D eigenvalue weighted by molar-refractivity contribution is 6.31. The summed E-state index contributed by atoms with van der Waals surface area (Å²) in [7, 11) is 0. The van der Waals surface area contributed by atoms with Crippen LogP contribution in [0.4, 0.5) is 10.1 Å². The highest BCUT2D eigenvalue weighted by Crippen LogP contribution is 2.40. The number of nitrogens with zero attached hydrogens (tertiary/aromatic N) is 7. The molecule has 2 aromatic heterocycles. The first-order valence-corrected chi connectivity index (χ1v) is 11.2. The van der Waals surface area contributed by atoms with Gasteiger partial charge in [0.25, 0.3) is 0 Å². The second-order valence-corrected chi connectivity index (χ2v) is 8.80. The lowest BCUT2D eigenvalue weighted by Gasteiger charge is -2.33. The maximum absolute atomic E-state index is 15.2. The number of aromatic nitrogens is 7. The molecule has 176 valence electrons. The van der Waals surface area contributed by atoms with Gasteiger partial charge >= 0.3 is 0 Å². The number of anilines is 1. The highest BCUT2D eigenvalue weighted by atomic mass is 35.5. The lowest BCUT2D eigenvalue weighted by molar-refractivity contribution is -0.135. The molecule has 35 heavy (non-hydrogen) atoms. The molecule has 0 unspecified atom stereocenters. The van der Waals surface area contributed by atoms with Crippen LogP contribution >= 0.6 is 11.6 Å². The summed E-state index contributed by atoms with van der Waals surface area (Å²) in [5.74, 6) is -1.30. The zero-order valence-corrected chi connectivity index (χ0v) is 18.8. The number of aromatic amines is 1. The van der Waals surface area contributed by atoms with Gasteiger partial charge in [-0.15, -0.1) is 5.10 Å². The molecule has 2 aliphatic heterocycles. The third-order valence-corrected chi connectivity index (χ3v) is 6.68. The van der Waals surface area contributed by atoms with Crippen molar-refractivity contribution in [3.8, 4) is 5.69 Å². The van der Waals surface area contributed by atoms with Crippen LogP contribution in [0.2, 0.25) is 5.02 Å². The molecule has 2 atom stereocenters. The van der Waals surface area contributed by atoms with Gasteiger partial charge in [-0.25, -0.2) is 4.39 Å². The van der Waals surface area contributed by atoms with Gasteiger partial charge in [0.1, 0.15) is 23.4 Å². The number of carbonyl (C=O) groups excluding carboxylic acids is 2. The van der Waals surface area contributed by atoms with Gasteiger partial charge in [-0.1, -0.05) is 11.6 Å². The summed E-state index contributed by atoms with van der Waals surface area (Å²) in [6.07, 6.45) is 4.17. The summed E-state index contributed by atoms with van der Waals surface area (Å²) in [6.45, 7) is 0. The Hall–Kier alpha value is -4.19. The number of H-pyrrole nitrogens is 1. The van der Waals surface area contributed by atoms with E-state index in [1.165, 1.54) is 23.2 Å². The molecular weight excluding hydrogens is 477 g/mol. The largest absolute Gasteiger partial charge is 0.324 e. The van der Waals surface area contributed by atoms with Crippen LogP contribution in [0.5, 0.6) is 0 Å². The number of hydrogen-bond donors (Lipinski definition) is 2. The van der Waals surface area contributed by atoms with Crippen LogP contribution in [0.15, 0.2) is 42.7 Å². The second-order valence-electron chi connectivity index (χ2n) is 8.39. The Balaban J connectivity index is 1.28.